The Morgan fingerprint density at radius 1 is 1.35 bits per heavy atom. The van der Waals surface area contributed by atoms with E-state index in [0.29, 0.717) is 12.4 Å². The monoisotopic (exact) mass is 234 g/mol. The van der Waals surface area contributed by atoms with Gasteiger partial charge < -0.3 is 15.5 Å². The Balaban J connectivity index is 2.36. The van der Waals surface area contributed by atoms with Gasteiger partial charge in [0.15, 0.2) is 0 Å². The molecule has 17 heavy (non-hydrogen) atoms. The maximum Gasteiger partial charge on any atom is 0.247 e. The van der Waals surface area contributed by atoms with Gasteiger partial charge in [0, 0.05) is 20.1 Å². The molecule has 0 bridgehead atoms. The molecule has 2 heterocycles. The van der Waals surface area contributed by atoms with Crippen LogP contribution in [-0.4, -0.2) is 41.5 Å². The first-order chi connectivity index (χ1) is 7.93. The third-order valence-corrected chi connectivity index (χ3v) is 3.24. The summed E-state index contributed by atoms with van der Waals surface area (Å²) in [6.45, 7) is 5.30. The Morgan fingerprint density at radius 3 is 2.71 bits per heavy atom. The van der Waals surface area contributed by atoms with E-state index in [1.165, 1.54) is 0 Å². The summed E-state index contributed by atoms with van der Waals surface area (Å²) < 4.78 is 0. The Morgan fingerprint density at radius 2 is 2.06 bits per heavy atom. The molecule has 5 nitrogen and oxygen atoms in total. The molecule has 5 heteroatoms. The second-order valence-electron chi connectivity index (χ2n) is 4.86. The molecule has 1 aliphatic rings. The molecule has 0 radical (unpaired) electrons. The van der Waals surface area contributed by atoms with Gasteiger partial charge in [0.1, 0.15) is 17.2 Å². The SMILES string of the molecule is CN1CCN(c2cccc(N)n2)C(C)(C)C1=O. The first kappa shape index (κ1) is 11.7. The highest BCUT2D eigenvalue weighted by Crippen LogP contribution is 2.27. The number of pyridine rings is 1. The van der Waals surface area contributed by atoms with Crippen LogP contribution in [0.3, 0.4) is 0 Å². The lowest BCUT2D eigenvalue weighted by atomic mass is 9.98. The number of nitrogens with two attached hydrogens (primary N) is 1. The maximum absolute atomic E-state index is 12.1. The second kappa shape index (κ2) is 3.91. The highest BCUT2D eigenvalue weighted by molar-refractivity contribution is 5.90. The number of rotatable bonds is 1. The lowest BCUT2D eigenvalue weighted by Gasteiger charge is -2.45. The molecule has 0 aliphatic carbocycles. The van der Waals surface area contributed by atoms with E-state index in [1.807, 2.05) is 37.9 Å². The van der Waals surface area contributed by atoms with E-state index >= 15 is 0 Å². The lowest BCUT2D eigenvalue weighted by Crippen LogP contribution is -2.62. The number of likely N-dealkylation sites (N-methyl/N-ethyl adjacent to an activating group) is 1. The zero-order valence-corrected chi connectivity index (χ0v) is 10.5. The van der Waals surface area contributed by atoms with Gasteiger partial charge in [0.2, 0.25) is 5.91 Å². The lowest BCUT2D eigenvalue weighted by molar-refractivity contribution is -0.136. The quantitative estimate of drug-likeness (QED) is 0.777. The molecule has 1 fully saturated rings. The Hall–Kier alpha value is -1.78. The number of carbonyl (C=O) groups excluding carboxylic acids is 1. The average molecular weight is 234 g/mol. The van der Waals surface area contributed by atoms with Gasteiger partial charge in [-0.25, -0.2) is 4.98 Å². The van der Waals surface area contributed by atoms with E-state index in [0.717, 1.165) is 12.4 Å². The summed E-state index contributed by atoms with van der Waals surface area (Å²) in [5.74, 6) is 1.34. The first-order valence-corrected chi connectivity index (χ1v) is 5.68. The highest BCUT2D eigenvalue weighted by Gasteiger charge is 2.41. The summed E-state index contributed by atoms with van der Waals surface area (Å²) in [6, 6.07) is 5.49. The first-order valence-electron chi connectivity index (χ1n) is 5.68. The fourth-order valence-electron chi connectivity index (χ4n) is 2.20. The van der Waals surface area contributed by atoms with Crippen molar-refractivity contribution < 1.29 is 4.79 Å². The summed E-state index contributed by atoms with van der Waals surface area (Å²) in [4.78, 5) is 20.2. The minimum atomic E-state index is -0.576. The van der Waals surface area contributed by atoms with E-state index < -0.39 is 5.54 Å². The predicted octanol–water partition coefficient (Wildman–Crippen LogP) is 0.721. The van der Waals surface area contributed by atoms with Gasteiger partial charge in [0.25, 0.3) is 0 Å². The maximum atomic E-state index is 12.1. The van der Waals surface area contributed by atoms with Crippen LogP contribution in [0.4, 0.5) is 11.6 Å². The molecule has 1 saturated heterocycles. The van der Waals surface area contributed by atoms with Crippen LogP contribution in [0, 0.1) is 0 Å². The van der Waals surface area contributed by atoms with E-state index in [1.54, 1.807) is 11.0 Å². The number of hydrogen-bond donors (Lipinski definition) is 1. The van der Waals surface area contributed by atoms with Gasteiger partial charge in [0.05, 0.1) is 0 Å². The number of amides is 1. The molecule has 1 aliphatic heterocycles. The zero-order valence-electron chi connectivity index (χ0n) is 10.5. The van der Waals surface area contributed by atoms with Crippen molar-refractivity contribution in [3.8, 4) is 0 Å². The van der Waals surface area contributed by atoms with Gasteiger partial charge in [-0.15, -0.1) is 0 Å². The van der Waals surface area contributed by atoms with Crippen molar-refractivity contribution in [3.05, 3.63) is 18.2 Å². The van der Waals surface area contributed by atoms with Crippen LogP contribution in [0.2, 0.25) is 0 Å². The summed E-state index contributed by atoms with van der Waals surface area (Å²) in [5.41, 5.74) is 5.11. The standard InChI is InChI=1S/C12H18N4O/c1-12(2)11(17)15(3)7-8-16(12)10-6-4-5-9(13)14-10/h4-6H,7-8H2,1-3H3,(H2,13,14). The summed E-state index contributed by atoms with van der Waals surface area (Å²) >= 11 is 0. The van der Waals surface area contributed by atoms with E-state index in [4.69, 9.17) is 5.73 Å². The molecule has 1 amide bonds. The molecule has 0 spiro atoms. The van der Waals surface area contributed by atoms with Crippen molar-refractivity contribution in [1.29, 1.82) is 0 Å². The summed E-state index contributed by atoms with van der Waals surface area (Å²) in [7, 11) is 1.83. The molecule has 0 unspecified atom stereocenters. The van der Waals surface area contributed by atoms with Crippen LogP contribution in [-0.2, 0) is 4.79 Å². The minimum absolute atomic E-state index is 0.105. The molecule has 0 atom stereocenters. The van der Waals surface area contributed by atoms with E-state index in [2.05, 4.69) is 4.98 Å². The Bertz CT molecular complexity index is 444. The van der Waals surface area contributed by atoms with Crippen molar-refractivity contribution in [2.75, 3.05) is 30.8 Å². The van der Waals surface area contributed by atoms with Crippen LogP contribution >= 0.6 is 0 Å². The normalized spacial score (nSPS) is 19.6. The molecule has 2 N–H and O–H groups in total. The minimum Gasteiger partial charge on any atom is -0.384 e. The number of anilines is 2. The molecular weight excluding hydrogens is 216 g/mol. The molecule has 0 saturated carbocycles. The fraction of sp³-hybridized carbons (Fsp3) is 0.500. The van der Waals surface area contributed by atoms with Crippen LogP contribution in [0.15, 0.2) is 18.2 Å². The molecule has 2 rings (SSSR count). The van der Waals surface area contributed by atoms with Crippen LogP contribution < -0.4 is 10.6 Å². The van der Waals surface area contributed by atoms with Crippen molar-refractivity contribution in [2.24, 2.45) is 0 Å². The van der Waals surface area contributed by atoms with Gasteiger partial charge in [-0.05, 0) is 26.0 Å². The van der Waals surface area contributed by atoms with Gasteiger partial charge in [-0.2, -0.15) is 0 Å². The van der Waals surface area contributed by atoms with E-state index in [9.17, 15) is 4.79 Å². The van der Waals surface area contributed by atoms with Crippen molar-refractivity contribution in [3.63, 3.8) is 0 Å². The van der Waals surface area contributed by atoms with Crippen molar-refractivity contribution in [2.45, 2.75) is 19.4 Å². The Labute approximate surface area is 101 Å². The fourth-order valence-corrected chi connectivity index (χ4v) is 2.20. The third kappa shape index (κ3) is 1.92. The Kier molecular flexibility index (Phi) is 2.69. The molecule has 0 aromatic carbocycles. The van der Waals surface area contributed by atoms with Crippen LogP contribution in [0.5, 0.6) is 0 Å². The summed E-state index contributed by atoms with van der Waals surface area (Å²) in [5, 5.41) is 0. The number of nitrogens with zero attached hydrogens (tertiary/aromatic N) is 3. The zero-order chi connectivity index (χ0) is 12.6. The largest absolute Gasteiger partial charge is 0.384 e. The van der Waals surface area contributed by atoms with Gasteiger partial charge in [-0.1, -0.05) is 6.07 Å². The number of hydrogen-bond acceptors (Lipinski definition) is 4. The van der Waals surface area contributed by atoms with Crippen molar-refractivity contribution in [1.82, 2.24) is 9.88 Å². The molecular formula is C12H18N4O. The van der Waals surface area contributed by atoms with Crippen LogP contribution in [0.1, 0.15) is 13.8 Å². The third-order valence-electron chi connectivity index (χ3n) is 3.24. The van der Waals surface area contributed by atoms with Crippen LogP contribution in [0.25, 0.3) is 0 Å². The topological polar surface area (TPSA) is 62.5 Å². The summed E-state index contributed by atoms with van der Waals surface area (Å²) in [6.07, 6.45) is 0. The van der Waals surface area contributed by atoms with Crippen molar-refractivity contribution >= 4 is 17.5 Å². The van der Waals surface area contributed by atoms with E-state index in [-0.39, 0.29) is 5.91 Å². The van der Waals surface area contributed by atoms with Gasteiger partial charge >= 0.3 is 0 Å². The molecule has 92 valence electrons. The molecule has 1 aromatic heterocycles. The second-order valence-corrected chi connectivity index (χ2v) is 4.86. The number of piperazine rings is 1. The predicted molar refractivity (Wildman–Crippen MR) is 67.7 cm³/mol. The smallest absolute Gasteiger partial charge is 0.247 e. The average Bonchev–Trinajstić information content (AvgIpc) is 2.26. The number of nitrogen functional groups attached to an aromatic ring is 1. The number of aromatic nitrogens is 1. The number of carbonyl (C=O) groups is 1. The van der Waals surface area contributed by atoms with Gasteiger partial charge in [-0.3, -0.25) is 4.79 Å². The highest BCUT2D eigenvalue weighted by atomic mass is 16.2. The molecule has 1 aromatic rings.